The first-order chi connectivity index (χ1) is 12.1. The van der Waals surface area contributed by atoms with Gasteiger partial charge in [-0.2, -0.15) is 0 Å². The molecule has 1 heterocycles. The molecule has 0 atom stereocenters. The summed E-state index contributed by atoms with van der Waals surface area (Å²) in [5.74, 6) is -0.774. The second kappa shape index (κ2) is 7.04. The first-order valence-corrected chi connectivity index (χ1v) is 7.69. The molecule has 3 rings (SSSR count). The molecule has 0 aliphatic carbocycles. The lowest BCUT2D eigenvalue weighted by molar-refractivity contribution is 0.102. The molecule has 3 aromatic rings. The Bertz CT molecular complexity index is 919. The molecule has 0 saturated heterocycles. The van der Waals surface area contributed by atoms with Crippen molar-refractivity contribution in [2.45, 2.75) is 6.92 Å². The molecule has 0 radical (unpaired) electrons. The molecule has 2 aromatic carbocycles. The lowest BCUT2D eigenvalue weighted by Gasteiger charge is -2.07. The summed E-state index contributed by atoms with van der Waals surface area (Å²) in [6.45, 7) is 2.00. The summed E-state index contributed by atoms with van der Waals surface area (Å²) in [4.78, 5) is 26.5. The molecule has 25 heavy (non-hydrogen) atoms. The van der Waals surface area contributed by atoms with Crippen molar-refractivity contribution in [3.63, 3.8) is 0 Å². The maximum Gasteiger partial charge on any atom is 0.411 e. The number of aromatic amines is 1. The van der Waals surface area contributed by atoms with E-state index >= 15 is 0 Å². The number of halogens is 1. The number of anilines is 2. The molecule has 7 heteroatoms. The highest BCUT2D eigenvalue weighted by Crippen LogP contribution is 2.20. The maximum absolute atomic E-state index is 13.7. The second-order valence-electron chi connectivity index (χ2n) is 5.26. The summed E-state index contributed by atoms with van der Waals surface area (Å²) >= 11 is 0. The Morgan fingerprint density at radius 2 is 1.76 bits per heavy atom. The van der Waals surface area contributed by atoms with Crippen LogP contribution in [0.15, 0.2) is 48.5 Å². The minimum atomic E-state index is -0.542. The number of carbonyl (C=O) groups is 2. The van der Waals surface area contributed by atoms with Crippen molar-refractivity contribution in [3.8, 4) is 0 Å². The van der Waals surface area contributed by atoms with Crippen molar-refractivity contribution in [1.29, 1.82) is 0 Å². The Morgan fingerprint density at radius 1 is 1.08 bits per heavy atom. The van der Waals surface area contributed by atoms with Crippen LogP contribution in [0, 0.1) is 5.82 Å². The SMILES string of the molecule is CCOC(=O)Nc1ccc(NC(=O)c2cc3c(F)cccc3[nH]2)cc1. The Labute approximate surface area is 143 Å². The van der Waals surface area contributed by atoms with Gasteiger partial charge in [0.15, 0.2) is 0 Å². The minimum Gasteiger partial charge on any atom is -0.450 e. The van der Waals surface area contributed by atoms with Crippen molar-refractivity contribution in [1.82, 2.24) is 4.98 Å². The van der Waals surface area contributed by atoms with E-state index in [0.29, 0.717) is 22.3 Å². The minimum absolute atomic E-state index is 0.258. The molecule has 1 aromatic heterocycles. The molecule has 0 aliphatic rings. The number of carbonyl (C=O) groups excluding carboxylic acids is 2. The van der Waals surface area contributed by atoms with Gasteiger partial charge in [-0.15, -0.1) is 0 Å². The van der Waals surface area contributed by atoms with Gasteiger partial charge in [0.2, 0.25) is 0 Å². The molecule has 0 bridgehead atoms. The number of ether oxygens (including phenoxy) is 1. The van der Waals surface area contributed by atoms with E-state index in [0.717, 1.165) is 0 Å². The molecular weight excluding hydrogens is 325 g/mol. The summed E-state index contributed by atoms with van der Waals surface area (Å²) < 4.78 is 18.5. The Hall–Kier alpha value is -3.35. The normalized spacial score (nSPS) is 10.5. The smallest absolute Gasteiger partial charge is 0.411 e. The van der Waals surface area contributed by atoms with Gasteiger partial charge < -0.3 is 15.0 Å². The van der Waals surface area contributed by atoms with Gasteiger partial charge in [0.25, 0.3) is 5.91 Å². The van der Waals surface area contributed by atoms with Crippen LogP contribution in [0.5, 0.6) is 0 Å². The van der Waals surface area contributed by atoms with Crippen LogP contribution >= 0.6 is 0 Å². The van der Waals surface area contributed by atoms with E-state index in [1.54, 1.807) is 43.3 Å². The number of amides is 2. The molecule has 0 fully saturated rings. The fourth-order valence-electron chi connectivity index (χ4n) is 2.36. The van der Waals surface area contributed by atoms with Crippen molar-refractivity contribution in [2.75, 3.05) is 17.2 Å². The third-order valence-corrected chi connectivity index (χ3v) is 3.52. The molecule has 0 unspecified atom stereocenters. The number of nitrogens with one attached hydrogen (secondary N) is 3. The van der Waals surface area contributed by atoms with Crippen molar-refractivity contribution in [3.05, 3.63) is 60.0 Å². The van der Waals surface area contributed by atoms with Gasteiger partial charge in [0.1, 0.15) is 11.5 Å². The second-order valence-corrected chi connectivity index (χ2v) is 5.26. The molecule has 0 saturated carbocycles. The van der Waals surface area contributed by atoms with Gasteiger partial charge in [-0.25, -0.2) is 9.18 Å². The zero-order valence-corrected chi connectivity index (χ0v) is 13.4. The molecule has 6 nitrogen and oxygen atoms in total. The maximum atomic E-state index is 13.7. The average Bonchev–Trinajstić information content (AvgIpc) is 3.03. The van der Waals surface area contributed by atoms with E-state index in [2.05, 4.69) is 15.6 Å². The average molecular weight is 341 g/mol. The third kappa shape index (κ3) is 3.77. The Kier molecular flexibility index (Phi) is 4.65. The van der Waals surface area contributed by atoms with Gasteiger partial charge in [0, 0.05) is 22.3 Å². The standard InChI is InChI=1S/C18H16FN3O3/c1-2-25-18(24)21-12-8-6-11(7-9-12)20-17(23)16-10-13-14(19)4-3-5-15(13)22-16/h3-10,22H,2H2,1H3,(H,20,23)(H,21,24). The summed E-state index contributed by atoms with van der Waals surface area (Å²) in [7, 11) is 0. The van der Waals surface area contributed by atoms with Crippen molar-refractivity contribution >= 4 is 34.3 Å². The van der Waals surface area contributed by atoms with Crippen LogP contribution in [0.2, 0.25) is 0 Å². The van der Waals surface area contributed by atoms with E-state index in [4.69, 9.17) is 4.74 Å². The molecule has 2 amide bonds. The monoisotopic (exact) mass is 341 g/mol. The van der Waals surface area contributed by atoms with Crippen LogP contribution in [0.3, 0.4) is 0 Å². The van der Waals surface area contributed by atoms with Crippen molar-refractivity contribution in [2.24, 2.45) is 0 Å². The molecule has 128 valence electrons. The summed E-state index contributed by atoms with van der Waals surface area (Å²) in [5.41, 5.74) is 1.90. The largest absolute Gasteiger partial charge is 0.450 e. The van der Waals surface area contributed by atoms with Crippen LogP contribution < -0.4 is 10.6 Å². The fraction of sp³-hybridized carbons (Fsp3) is 0.111. The van der Waals surface area contributed by atoms with Crippen LogP contribution in [0.25, 0.3) is 10.9 Å². The van der Waals surface area contributed by atoms with E-state index in [9.17, 15) is 14.0 Å². The zero-order valence-electron chi connectivity index (χ0n) is 13.4. The first-order valence-electron chi connectivity index (χ1n) is 7.69. The van der Waals surface area contributed by atoms with Gasteiger partial charge in [0.05, 0.1) is 6.61 Å². The van der Waals surface area contributed by atoms with E-state index in [1.807, 2.05) is 0 Å². The number of H-pyrrole nitrogens is 1. The summed E-state index contributed by atoms with van der Waals surface area (Å²) in [6, 6.07) is 12.6. The molecule has 0 aliphatic heterocycles. The zero-order chi connectivity index (χ0) is 17.8. The topological polar surface area (TPSA) is 83.2 Å². The Balaban J connectivity index is 1.69. The Morgan fingerprint density at radius 3 is 2.40 bits per heavy atom. The van der Waals surface area contributed by atoms with E-state index in [-0.39, 0.29) is 24.0 Å². The van der Waals surface area contributed by atoms with Crippen LogP contribution in [0.4, 0.5) is 20.6 Å². The summed E-state index contributed by atoms with van der Waals surface area (Å²) in [5, 5.41) is 5.63. The first kappa shape index (κ1) is 16.5. The van der Waals surface area contributed by atoms with Gasteiger partial charge in [-0.05, 0) is 49.4 Å². The van der Waals surface area contributed by atoms with Gasteiger partial charge in [-0.3, -0.25) is 10.1 Å². The van der Waals surface area contributed by atoms with Crippen LogP contribution in [0.1, 0.15) is 17.4 Å². The van der Waals surface area contributed by atoms with Crippen molar-refractivity contribution < 1.29 is 18.7 Å². The predicted molar refractivity (Wildman–Crippen MR) is 93.3 cm³/mol. The highest BCUT2D eigenvalue weighted by molar-refractivity contribution is 6.06. The number of hydrogen-bond acceptors (Lipinski definition) is 3. The molecule has 3 N–H and O–H groups in total. The highest BCUT2D eigenvalue weighted by atomic mass is 19.1. The number of hydrogen-bond donors (Lipinski definition) is 3. The van der Waals surface area contributed by atoms with Gasteiger partial charge >= 0.3 is 6.09 Å². The van der Waals surface area contributed by atoms with E-state index < -0.39 is 6.09 Å². The van der Waals surface area contributed by atoms with Crippen LogP contribution in [-0.4, -0.2) is 23.6 Å². The number of fused-ring (bicyclic) bond motifs is 1. The predicted octanol–water partition coefficient (Wildman–Crippen LogP) is 4.13. The van der Waals surface area contributed by atoms with E-state index in [1.165, 1.54) is 12.1 Å². The molecular formula is C18H16FN3O3. The quantitative estimate of drug-likeness (QED) is 0.667. The molecule has 0 spiro atoms. The van der Waals surface area contributed by atoms with Crippen LogP contribution in [-0.2, 0) is 4.74 Å². The summed E-state index contributed by atoms with van der Waals surface area (Å²) in [6.07, 6.45) is -0.542. The number of aromatic nitrogens is 1. The fourth-order valence-corrected chi connectivity index (χ4v) is 2.36. The third-order valence-electron chi connectivity index (χ3n) is 3.52. The highest BCUT2D eigenvalue weighted by Gasteiger charge is 2.12. The lowest BCUT2D eigenvalue weighted by atomic mass is 10.2. The number of benzene rings is 2. The lowest BCUT2D eigenvalue weighted by Crippen LogP contribution is -2.14. The van der Waals surface area contributed by atoms with Gasteiger partial charge in [-0.1, -0.05) is 6.07 Å². The number of rotatable bonds is 4.